The van der Waals surface area contributed by atoms with Gasteiger partial charge in [-0.3, -0.25) is 9.69 Å². The van der Waals surface area contributed by atoms with Crippen LogP contribution in [0.5, 0.6) is 0 Å². The first kappa shape index (κ1) is 11.4. The lowest BCUT2D eigenvalue weighted by atomic mass is 10.1. The van der Waals surface area contributed by atoms with E-state index in [1.807, 2.05) is 4.90 Å². The summed E-state index contributed by atoms with van der Waals surface area (Å²) < 4.78 is 0. The third-order valence-electron chi connectivity index (χ3n) is 2.42. The number of likely N-dealkylation sites (tertiary alicyclic amines) is 1. The number of rotatable bonds is 4. The smallest absolute Gasteiger partial charge is 0.306 e. The number of nitrogens with two attached hydrogens (primary N) is 1. The van der Waals surface area contributed by atoms with E-state index in [0.29, 0.717) is 6.54 Å². The molecule has 1 saturated heterocycles. The summed E-state index contributed by atoms with van der Waals surface area (Å²) in [7, 11) is 0. The third-order valence-corrected chi connectivity index (χ3v) is 2.42. The summed E-state index contributed by atoms with van der Waals surface area (Å²) in [6.45, 7) is 2.08. The molecule has 1 rings (SSSR count). The molecule has 5 heteroatoms. The standard InChI is InChI=1S/C9H18N2O3/c10-7-2-1-3-11(5-7)6-8(12)4-9(13)14/h7-8,12H,1-6,10H2,(H,13,14). The summed E-state index contributed by atoms with van der Waals surface area (Å²) in [5, 5.41) is 17.9. The van der Waals surface area contributed by atoms with Crippen molar-refractivity contribution in [3.63, 3.8) is 0 Å². The van der Waals surface area contributed by atoms with Gasteiger partial charge in [0.05, 0.1) is 12.5 Å². The summed E-state index contributed by atoms with van der Waals surface area (Å²) in [5.41, 5.74) is 5.76. The molecule has 0 amide bonds. The molecule has 1 fully saturated rings. The van der Waals surface area contributed by atoms with Crippen molar-refractivity contribution in [1.29, 1.82) is 0 Å². The fourth-order valence-corrected chi connectivity index (χ4v) is 1.82. The zero-order valence-corrected chi connectivity index (χ0v) is 8.22. The van der Waals surface area contributed by atoms with E-state index in [1.54, 1.807) is 0 Å². The van der Waals surface area contributed by atoms with Crippen LogP contribution in [0.3, 0.4) is 0 Å². The van der Waals surface area contributed by atoms with Gasteiger partial charge in [0, 0.05) is 19.1 Å². The summed E-state index contributed by atoms with van der Waals surface area (Å²) >= 11 is 0. The van der Waals surface area contributed by atoms with E-state index < -0.39 is 12.1 Å². The van der Waals surface area contributed by atoms with Gasteiger partial charge in [-0.1, -0.05) is 0 Å². The molecule has 0 aliphatic carbocycles. The molecule has 0 saturated carbocycles. The minimum atomic E-state index is -0.959. The minimum absolute atomic E-state index is 0.167. The van der Waals surface area contributed by atoms with Gasteiger partial charge < -0.3 is 15.9 Å². The van der Waals surface area contributed by atoms with E-state index in [1.165, 1.54) is 0 Å². The van der Waals surface area contributed by atoms with E-state index >= 15 is 0 Å². The lowest BCUT2D eigenvalue weighted by Crippen LogP contribution is -2.45. The van der Waals surface area contributed by atoms with Gasteiger partial charge in [-0.2, -0.15) is 0 Å². The van der Waals surface area contributed by atoms with Crippen molar-refractivity contribution in [2.75, 3.05) is 19.6 Å². The number of hydrogen-bond acceptors (Lipinski definition) is 4. The molecular formula is C9H18N2O3. The topological polar surface area (TPSA) is 86.8 Å². The molecule has 1 aliphatic heterocycles. The van der Waals surface area contributed by atoms with Crippen LogP contribution in [0.1, 0.15) is 19.3 Å². The van der Waals surface area contributed by atoms with Gasteiger partial charge in [-0.15, -0.1) is 0 Å². The van der Waals surface area contributed by atoms with E-state index in [2.05, 4.69) is 0 Å². The Morgan fingerprint density at radius 3 is 2.93 bits per heavy atom. The molecule has 0 aromatic heterocycles. The highest BCUT2D eigenvalue weighted by Gasteiger charge is 2.20. The van der Waals surface area contributed by atoms with Gasteiger partial charge in [0.15, 0.2) is 0 Å². The van der Waals surface area contributed by atoms with E-state index in [0.717, 1.165) is 25.9 Å². The molecule has 14 heavy (non-hydrogen) atoms. The van der Waals surface area contributed by atoms with Crippen molar-refractivity contribution in [2.24, 2.45) is 5.73 Å². The predicted molar refractivity (Wildman–Crippen MR) is 51.9 cm³/mol. The van der Waals surface area contributed by atoms with Crippen molar-refractivity contribution in [2.45, 2.75) is 31.4 Å². The zero-order chi connectivity index (χ0) is 10.6. The van der Waals surface area contributed by atoms with Gasteiger partial charge in [0.2, 0.25) is 0 Å². The molecule has 2 unspecified atom stereocenters. The van der Waals surface area contributed by atoms with Crippen LogP contribution in [0.25, 0.3) is 0 Å². The summed E-state index contributed by atoms with van der Waals surface area (Å²) in [6, 6.07) is 0.167. The highest BCUT2D eigenvalue weighted by atomic mass is 16.4. The Morgan fingerprint density at radius 1 is 1.64 bits per heavy atom. The summed E-state index contributed by atoms with van der Waals surface area (Å²) in [4.78, 5) is 12.3. The molecule has 4 N–H and O–H groups in total. The second-order valence-corrected chi connectivity index (χ2v) is 3.91. The molecule has 1 aliphatic rings. The van der Waals surface area contributed by atoms with Crippen molar-refractivity contribution < 1.29 is 15.0 Å². The fourth-order valence-electron chi connectivity index (χ4n) is 1.82. The van der Waals surface area contributed by atoms with Gasteiger partial charge in [-0.05, 0) is 19.4 Å². The van der Waals surface area contributed by atoms with Crippen LogP contribution >= 0.6 is 0 Å². The van der Waals surface area contributed by atoms with Crippen molar-refractivity contribution in [3.05, 3.63) is 0 Å². The first-order valence-corrected chi connectivity index (χ1v) is 4.95. The van der Waals surface area contributed by atoms with Crippen molar-refractivity contribution >= 4 is 5.97 Å². The molecular weight excluding hydrogens is 184 g/mol. The largest absolute Gasteiger partial charge is 0.481 e. The molecule has 0 radical (unpaired) electrons. The van der Waals surface area contributed by atoms with Gasteiger partial charge in [-0.25, -0.2) is 0 Å². The maximum Gasteiger partial charge on any atom is 0.306 e. The molecule has 0 aromatic rings. The number of carboxylic acid groups (broad SMARTS) is 1. The number of β-amino-alcohol motifs (C(OH)–C–C–N with tert-alkyl or cyclic N) is 1. The van der Waals surface area contributed by atoms with E-state index in [9.17, 15) is 9.90 Å². The monoisotopic (exact) mass is 202 g/mol. The zero-order valence-electron chi connectivity index (χ0n) is 8.22. The first-order valence-electron chi connectivity index (χ1n) is 4.95. The third kappa shape index (κ3) is 4.04. The highest BCUT2D eigenvalue weighted by molar-refractivity contribution is 5.67. The van der Waals surface area contributed by atoms with Gasteiger partial charge in [0.1, 0.15) is 0 Å². The molecule has 82 valence electrons. The van der Waals surface area contributed by atoms with Crippen molar-refractivity contribution in [1.82, 2.24) is 4.90 Å². The second-order valence-electron chi connectivity index (χ2n) is 3.91. The van der Waals surface area contributed by atoms with Gasteiger partial charge >= 0.3 is 5.97 Å². The molecule has 0 aromatic carbocycles. The Balaban J connectivity index is 2.25. The number of aliphatic hydroxyl groups is 1. The maximum absolute atomic E-state index is 10.3. The first-order chi connectivity index (χ1) is 6.58. The normalized spacial score (nSPS) is 26.0. The number of aliphatic hydroxyl groups excluding tert-OH is 1. The molecule has 0 spiro atoms. The lowest BCUT2D eigenvalue weighted by molar-refractivity contribution is -0.139. The second kappa shape index (κ2) is 5.29. The number of aliphatic carboxylic acids is 1. The Hall–Kier alpha value is -0.650. The van der Waals surface area contributed by atoms with E-state index in [4.69, 9.17) is 10.8 Å². The fraction of sp³-hybridized carbons (Fsp3) is 0.889. The number of nitrogens with zero attached hydrogens (tertiary/aromatic N) is 1. The average Bonchev–Trinajstić information content (AvgIpc) is 2.01. The van der Waals surface area contributed by atoms with E-state index in [-0.39, 0.29) is 12.5 Å². The average molecular weight is 202 g/mol. The quantitative estimate of drug-likeness (QED) is 0.558. The Morgan fingerprint density at radius 2 is 2.36 bits per heavy atom. The number of hydrogen-bond donors (Lipinski definition) is 3. The SMILES string of the molecule is NC1CCCN(CC(O)CC(=O)O)C1. The minimum Gasteiger partial charge on any atom is -0.481 e. The Bertz CT molecular complexity index is 198. The van der Waals surface area contributed by atoms with Crippen LogP contribution in [0.2, 0.25) is 0 Å². The summed E-state index contributed by atoms with van der Waals surface area (Å²) in [5.74, 6) is -0.959. The molecule has 5 nitrogen and oxygen atoms in total. The maximum atomic E-state index is 10.3. The lowest BCUT2D eigenvalue weighted by Gasteiger charge is -2.31. The molecule has 0 bridgehead atoms. The molecule has 1 heterocycles. The van der Waals surface area contributed by atoms with Crippen molar-refractivity contribution in [3.8, 4) is 0 Å². The van der Waals surface area contributed by atoms with Crippen LogP contribution in [-0.4, -0.2) is 52.9 Å². The Labute approximate surface area is 83.5 Å². The number of carboxylic acids is 1. The Kier molecular flexibility index (Phi) is 4.31. The highest BCUT2D eigenvalue weighted by Crippen LogP contribution is 2.09. The van der Waals surface area contributed by atoms with Crippen LogP contribution in [-0.2, 0) is 4.79 Å². The van der Waals surface area contributed by atoms with Crippen LogP contribution < -0.4 is 5.73 Å². The molecule has 2 atom stereocenters. The van der Waals surface area contributed by atoms with Crippen LogP contribution in [0.15, 0.2) is 0 Å². The summed E-state index contributed by atoms with van der Waals surface area (Å²) in [6.07, 6.45) is 1.08. The van der Waals surface area contributed by atoms with Crippen LogP contribution in [0, 0.1) is 0 Å². The number of piperidine rings is 1. The predicted octanol–water partition coefficient (Wildman–Crippen LogP) is -0.755. The van der Waals surface area contributed by atoms with Gasteiger partial charge in [0.25, 0.3) is 0 Å². The van der Waals surface area contributed by atoms with Crippen LogP contribution in [0.4, 0.5) is 0 Å². The number of carbonyl (C=O) groups is 1.